The Kier molecular flexibility index (Phi) is 2.21. The third-order valence-electron chi connectivity index (χ3n) is 6.10. The van der Waals surface area contributed by atoms with Crippen molar-refractivity contribution in [3.63, 3.8) is 0 Å². The summed E-state index contributed by atoms with van der Waals surface area (Å²) in [5.74, 6) is 1.92. The fourth-order valence-corrected chi connectivity index (χ4v) is 6.02. The molecular formula is C15H26N2. The van der Waals surface area contributed by atoms with Gasteiger partial charge < -0.3 is 5.73 Å². The standard InChI is InChI=1S/C15H26N2/c16-14-7-12-6-13(8-14)10-15(9-12,11-14)17-4-2-1-3-5-17/h12-13H,1-11,16H2. The second kappa shape index (κ2) is 3.48. The first-order valence-electron chi connectivity index (χ1n) is 7.72. The largest absolute Gasteiger partial charge is 0.325 e. The predicted octanol–water partition coefficient (Wildman–Crippen LogP) is 2.52. The van der Waals surface area contributed by atoms with Crippen molar-refractivity contribution >= 4 is 0 Å². The van der Waals surface area contributed by atoms with Crippen LogP contribution in [0.2, 0.25) is 0 Å². The number of piperidine rings is 1. The monoisotopic (exact) mass is 234 g/mol. The Morgan fingerprint density at radius 3 is 2.12 bits per heavy atom. The van der Waals surface area contributed by atoms with Crippen molar-refractivity contribution in [2.75, 3.05) is 13.1 Å². The SMILES string of the molecule is NC12CC3CC(C1)CC(N1CCCCC1)(C3)C2. The van der Waals surface area contributed by atoms with E-state index in [4.69, 9.17) is 5.73 Å². The quantitative estimate of drug-likeness (QED) is 0.755. The van der Waals surface area contributed by atoms with E-state index < -0.39 is 0 Å². The summed E-state index contributed by atoms with van der Waals surface area (Å²) in [6.07, 6.45) is 12.7. The summed E-state index contributed by atoms with van der Waals surface area (Å²) in [5, 5.41) is 0. The molecule has 0 amide bonds. The van der Waals surface area contributed by atoms with E-state index >= 15 is 0 Å². The molecule has 1 aliphatic heterocycles. The van der Waals surface area contributed by atoms with Crippen LogP contribution in [0.4, 0.5) is 0 Å². The maximum absolute atomic E-state index is 6.69. The molecule has 0 radical (unpaired) electrons. The molecule has 5 aliphatic rings. The van der Waals surface area contributed by atoms with Gasteiger partial charge in [-0.3, -0.25) is 4.90 Å². The molecular weight excluding hydrogens is 208 g/mol. The third-order valence-corrected chi connectivity index (χ3v) is 6.10. The zero-order valence-electron chi connectivity index (χ0n) is 11.0. The van der Waals surface area contributed by atoms with Crippen LogP contribution in [0.15, 0.2) is 0 Å². The molecule has 0 aromatic heterocycles. The molecule has 0 spiro atoms. The van der Waals surface area contributed by atoms with Gasteiger partial charge in [0, 0.05) is 11.1 Å². The summed E-state index contributed by atoms with van der Waals surface area (Å²) < 4.78 is 0. The number of hydrogen-bond acceptors (Lipinski definition) is 2. The van der Waals surface area contributed by atoms with Gasteiger partial charge in [-0.1, -0.05) is 6.42 Å². The van der Waals surface area contributed by atoms with Crippen LogP contribution in [0.25, 0.3) is 0 Å². The minimum Gasteiger partial charge on any atom is -0.325 e. The number of hydrogen-bond donors (Lipinski definition) is 1. The lowest BCUT2D eigenvalue weighted by Gasteiger charge is -2.64. The second-order valence-electron chi connectivity index (χ2n) is 7.60. The first-order valence-corrected chi connectivity index (χ1v) is 7.72. The summed E-state index contributed by atoms with van der Waals surface area (Å²) in [6.45, 7) is 2.71. The highest BCUT2D eigenvalue weighted by atomic mass is 15.2. The highest BCUT2D eigenvalue weighted by molar-refractivity contribution is 5.15. The maximum atomic E-state index is 6.69. The zero-order valence-corrected chi connectivity index (χ0v) is 11.0. The van der Waals surface area contributed by atoms with Gasteiger partial charge >= 0.3 is 0 Å². The normalized spacial score (nSPS) is 54.2. The van der Waals surface area contributed by atoms with E-state index in [9.17, 15) is 0 Å². The molecule has 2 atom stereocenters. The van der Waals surface area contributed by atoms with Gasteiger partial charge in [0.05, 0.1) is 0 Å². The van der Waals surface area contributed by atoms with Gasteiger partial charge in [-0.25, -0.2) is 0 Å². The Morgan fingerprint density at radius 2 is 1.53 bits per heavy atom. The van der Waals surface area contributed by atoms with Crippen LogP contribution in [0.3, 0.4) is 0 Å². The number of nitrogens with zero attached hydrogens (tertiary/aromatic N) is 1. The zero-order chi connectivity index (χ0) is 11.5. The lowest BCUT2D eigenvalue weighted by molar-refractivity contribution is -0.104. The van der Waals surface area contributed by atoms with Crippen LogP contribution < -0.4 is 5.73 Å². The molecule has 0 aromatic rings. The lowest BCUT2D eigenvalue weighted by Crippen LogP contribution is -2.68. The molecule has 2 nitrogen and oxygen atoms in total. The Bertz CT molecular complexity index is 305. The topological polar surface area (TPSA) is 29.3 Å². The fraction of sp³-hybridized carbons (Fsp3) is 1.00. The Labute approximate surface area is 105 Å². The van der Waals surface area contributed by atoms with E-state index in [1.807, 2.05) is 0 Å². The van der Waals surface area contributed by atoms with Crippen molar-refractivity contribution in [2.24, 2.45) is 17.6 Å². The summed E-state index contributed by atoms with van der Waals surface area (Å²) in [5.41, 5.74) is 7.45. The minimum atomic E-state index is 0.224. The van der Waals surface area contributed by atoms with Crippen molar-refractivity contribution in [2.45, 2.75) is 68.9 Å². The summed E-state index contributed by atoms with van der Waals surface area (Å²) in [7, 11) is 0. The molecule has 1 saturated heterocycles. The second-order valence-corrected chi connectivity index (χ2v) is 7.60. The molecule has 2 unspecified atom stereocenters. The lowest BCUT2D eigenvalue weighted by atomic mass is 9.49. The minimum absolute atomic E-state index is 0.224. The number of likely N-dealkylation sites (tertiary alicyclic amines) is 1. The molecule has 1 heterocycles. The van der Waals surface area contributed by atoms with Gasteiger partial charge in [-0.05, 0) is 76.3 Å². The van der Waals surface area contributed by atoms with E-state index in [1.165, 1.54) is 70.9 Å². The average molecular weight is 234 g/mol. The first kappa shape index (κ1) is 10.8. The van der Waals surface area contributed by atoms with E-state index in [2.05, 4.69) is 4.90 Å². The molecule has 4 bridgehead atoms. The fourth-order valence-electron chi connectivity index (χ4n) is 6.02. The first-order chi connectivity index (χ1) is 8.18. The van der Waals surface area contributed by atoms with Crippen LogP contribution in [0, 0.1) is 11.8 Å². The van der Waals surface area contributed by atoms with Crippen molar-refractivity contribution in [3.8, 4) is 0 Å². The van der Waals surface area contributed by atoms with E-state index in [0.29, 0.717) is 5.54 Å². The van der Waals surface area contributed by atoms with Crippen LogP contribution >= 0.6 is 0 Å². The predicted molar refractivity (Wildman–Crippen MR) is 69.8 cm³/mol. The summed E-state index contributed by atoms with van der Waals surface area (Å²) >= 11 is 0. The van der Waals surface area contributed by atoms with E-state index in [1.54, 1.807) is 0 Å². The van der Waals surface area contributed by atoms with E-state index in [0.717, 1.165) is 11.8 Å². The highest BCUT2D eigenvalue weighted by Crippen LogP contribution is 2.58. The van der Waals surface area contributed by atoms with Crippen LogP contribution in [0.1, 0.15) is 57.8 Å². The molecule has 17 heavy (non-hydrogen) atoms. The van der Waals surface area contributed by atoms with Gasteiger partial charge in [-0.2, -0.15) is 0 Å². The Hall–Kier alpha value is -0.0800. The Morgan fingerprint density at radius 1 is 0.882 bits per heavy atom. The van der Waals surface area contributed by atoms with Gasteiger partial charge in [0.2, 0.25) is 0 Å². The van der Waals surface area contributed by atoms with Crippen molar-refractivity contribution in [1.29, 1.82) is 0 Å². The van der Waals surface area contributed by atoms with Gasteiger partial charge in [0.15, 0.2) is 0 Å². The van der Waals surface area contributed by atoms with Crippen molar-refractivity contribution in [3.05, 3.63) is 0 Å². The molecule has 2 heteroatoms. The molecule has 5 fully saturated rings. The van der Waals surface area contributed by atoms with Crippen LogP contribution in [-0.2, 0) is 0 Å². The number of rotatable bonds is 1. The van der Waals surface area contributed by atoms with Gasteiger partial charge in [0.25, 0.3) is 0 Å². The summed E-state index contributed by atoms with van der Waals surface area (Å²) in [6, 6.07) is 0. The van der Waals surface area contributed by atoms with Crippen molar-refractivity contribution < 1.29 is 0 Å². The molecule has 96 valence electrons. The van der Waals surface area contributed by atoms with Crippen LogP contribution in [0.5, 0.6) is 0 Å². The molecule has 2 N–H and O–H groups in total. The molecule has 5 rings (SSSR count). The van der Waals surface area contributed by atoms with Gasteiger partial charge in [0.1, 0.15) is 0 Å². The summed E-state index contributed by atoms with van der Waals surface area (Å²) in [4.78, 5) is 2.86. The number of nitrogens with two attached hydrogens (primary N) is 1. The molecule has 0 aromatic carbocycles. The van der Waals surface area contributed by atoms with Crippen LogP contribution in [-0.4, -0.2) is 29.1 Å². The average Bonchev–Trinajstić information content (AvgIpc) is 2.27. The van der Waals surface area contributed by atoms with E-state index in [-0.39, 0.29) is 5.54 Å². The smallest absolute Gasteiger partial charge is 0.0232 e. The third kappa shape index (κ3) is 1.60. The maximum Gasteiger partial charge on any atom is 0.0232 e. The molecule has 4 aliphatic carbocycles. The van der Waals surface area contributed by atoms with Gasteiger partial charge in [-0.15, -0.1) is 0 Å². The highest BCUT2D eigenvalue weighted by Gasteiger charge is 2.58. The molecule has 4 saturated carbocycles. The van der Waals surface area contributed by atoms with Crippen molar-refractivity contribution in [1.82, 2.24) is 4.90 Å². The Balaban J connectivity index is 1.64.